The number of allylic oxidation sites excluding steroid dienone is 1. The minimum absolute atomic E-state index is 0.0711. The SMILES string of the molecule is CC12N=CC=CN1N=CC2C(=O)Nc1cn(CC(=O)N2CCC(C(=O)OCCN3CCOCC3)CC2)nc1-c1cc(Cl)ccc1OC(F)F. The van der Waals surface area contributed by atoms with Gasteiger partial charge in [0.2, 0.25) is 11.8 Å². The summed E-state index contributed by atoms with van der Waals surface area (Å²) in [4.78, 5) is 48.0. The zero-order chi connectivity index (χ0) is 34.5. The van der Waals surface area contributed by atoms with E-state index in [4.69, 9.17) is 25.8 Å². The summed E-state index contributed by atoms with van der Waals surface area (Å²) in [6.07, 6.45) is 8.83. The molecule has 0 saturated carbocycles. The van der Waals surface area contributed by atoms with Crippen molar-refractivity contribution in [3.8, 4) is 17.0 Å². The number of amides is 2. The number of rotatable bonds is 11. The van der Waals surface area contributed by atoms with Gasteiger partial charge in [0.1, 0.15) is 30.5 Å². The highest BCUT2D eigenvalue weighted by Crippen LogP contribution is 2.39. The molecule has 0 radical (unpaired) electrons. The van der Waals surface area contributed by atoms with E-state index in [1.54, 1.807) is 35.3 Å². The number of carbonyl (C=O) groups is 3. The number of aliphatic imine (C=N–C) groups is 1. The van der Waals surface area contributed by atoms with Crippen LogP contribution in [0.3, 0.4) is 0 Å². The molecule has 1 N–H and O–H groups in total. The van der Waals surface area contributed by atoms with Crippen LogP contribution in [0.1, 0.15) is 19.8 Å². The predicted octanol–water partition coefficient (Wildman–Crippen LogP) is 3.09. The van der Waals surface area contributed by atoms with Crippen molar-refractivity contribution in [3.05, 3.63) is 41.7 Å². The Labute approximate surface area is 286 Å². The third kappa shape index (κ3) is 7.92. The summed E-state index contributed by atoms with van der Waals surface area (Å²) in [6, 6.07) is 4.07. The first-order valence-corrected chi connectivity index (χ1v) is 16.4. The molecule has 2 unspecified atom stereocenters. The second-order valence-electron chi connectivity index (χ2n) is 12.2. The van der Waals surface area contributed by atoms with Gasteiger partial charge >= 0.3 is 12.6 Å². The number of piperidine rings is 1. The first kappa shape index (κ1) is 34.5. The molecule has 2 amide bonds. The topological polar surface area (TPSA) is 143 Å². The third-order valence-corrected chi connectivity index (χ3v) is 9.23. The van der Waals surface area contributed by atoms with E-state index in [0.717, 1.165) is 13.1 Å². The van der Waals surface area contributed by atoms with Gasteiger partial charge in [-0.2, -0.15) is 19.0 Å². The normalized spacial score (nSPS) is 22.4. The van der Waals surface area contributed by atoms with Crippen LogP contribution in [-0.2, 0) is 30.4 Å². The highest BCUT2D eigenvalue weighted by atomic mass is 35.5. The van der Waals surface area contributed by atoms with Crippen LogP contribution in [0.4, 0.5) is 14.5 Å². The van der Waals surface area contributed by atoms with Crippen LogP contribution in [0.2, 0.25) is 5.02 Å². The Bertz CT molecular complexity index is 1640. The molecule has 2 aromatic rings. The Balaban J connectivity index is 1.14. The number of esters is 1. The number of halogens is 3. The number of nitrogens with one attached hydrogen (secondary N) is 1. The highest BCUT2D eigenvalue weighted by Gasteiger charge is 2.47. The van der Waals surface area contributed by atoms with Crippen LogP contribution in [0.15, 0.2) is 46.8 Å². The number of fused-ring (bicyclic) bond motifs is 1. The van der Waals surface area contributed by atoms with Crippen molar-refractivity contribution in [1.82, 2.24) is 24.6 Å². The van der Waals surface area contributed by atoms with E-state index < -0.39 is 24.1 Å². The zero-order valence-electron chi connectivity index (χ0n) is 26.8. The first-order chi connectivity index (χ1) is 23.6. The molecule has 4 aliphatic rings. The molecule has 1 aromatic carbocycles. The Morgan fingerprint density at radius 1 is 1.16 bits per heavy atom. The van der Waals surface area contributed by atoms with Gasteiger partial charge in [-0.25, -0.2) is 5.01 Å². The van der Waals surface area contributed by atoms with Crippen molar-refractivity contribution in [2.45, 2.75) is 38.6 Å². The van der Waals surface area contributed by atoms with Crippen molar-refractivity contribution >= 4 is 47.5 Å². The van der Waals surface area contributed by atoms with E-state index in [9.17, 15) is 23.2 Å². The number of carbonyl (C=O) groups excluding carboxylic acids is 3. The summed E-state index contributed by atoms with van der Waals surface area (Å²) in [5.74, 6) is -2.34. The lowest BCUT2D eigenvalue weighted by Crippen LogP contribution is -2.47. The minimum Gasteiger partial charge on any atom is -0.464 e. The molecule has 2 fully saturated rings. The molecule has 17 heteroatoms. The van der Waals surface area contributed by atoms with Gasteiger partial charge < -0.3 is 24.4 Å². The summed E-state index contributed by atoms with van der Waals surface area (Å²) in [5, 5.41) is 13.4. The number of morpholine rings is 1. The summed E-state index contributed by atoms with van der Waals surface area (Å²) in [5.41, 5.74) is -0.703. The van der Waals surface area contributed by atoms with Crippen LogP contribution in [0, 0.1) is 11.8 Å². The minimum atomic E-state index is -3.13. The summed E-state index contributed by atoms with van der Waals surface area (Å²) in [7, 11) is 0. The zero-order valence-corrected chi connectivity index (χ0v) is 27.6. The number of anilines is 1. The number of ether oxygens (including phenoxy) is 3. The molecule has 2 atom stereocenters. The highest BCUT2D eigenvalue weighted by molar-refractivity contribution is 6.31. The molecular formula is C32H37ClF2N8O6. The number of alkyl halides is 2. The number of hydrazone groups is 1. The average molecular weight is 703 g/mol. The van der Waals surface area contributed by atoms with Gasteiger partial charge in [-0.1, -0.05) is 11.6 Å². The number of aromatic nitrogens is 2. The molecule has 0 bridgehead atoms. The number of hydrogen-bond donors (Lipinski definition) is 1. The van der Waals surface area contributed by atoms with Gasteiger partial charge in [-0.15, -0.1) is 0 Å². The fraction of sp³-hybridized carbons (Fsp3) is 0.500. The molecule has 1 aromatic heterocycles. The van der Waals surface area contributed by atoms with Gasteiger partial charge in [0.25, 0.3) is 0 Å². The molecule has 0 spiro atoms. The molecule has 2 saturated heterocycles. The Morgan fingerprint density at radius 3 is 2.69 bits per heavy atom. The van der Waals surface area contributed by atoms with Crippen LogP contribution >= 0.6 is 11.6 Å². The van der Waals surface area contributed by atoms with Crippen molar-refractivity contribution in [2.75, 3.05) is 57.9 Å². The number of benzene rings is 1. The predicted molar refractivity (Wildman–Crippen MR) is 175 cm³/mol. The molecule has 0 aliphatic carbocycles. The van der Waals surface area contributed by atoms with E-state index >= 15 is 0 Å². The lowest BCUT2D eigenvalue weighted by atomic mass is 9.94. The fourth-order valence-corrected chi connectivity index (χ4v) is 6.38. The van der Waals surface area contributed by atoms with Crippen molar-refractivity contribution in [3.63, 3.8) is 0 Å². The molecular weight excluding hydrogens is 666 g/mol. The van der Waals surface area contributed by atoms with Gasteiger partial charge in [0.15, 0.2) is 5.66 Å². The number of hydrogen-bond acceptors (Lipinski definition) is 11. The molecule has 14 nitrogen and oxygen atoms in total. The molecule has 4 aliphatic heterocycles. The van der Waals surface area contributed by atoms with E-state index in [2.05, 4.69) is 25.4 Å². The van der Waals surface area contributed by atoms with Crippen LogP contribution in [-0.4, -0.2) is 120 Å². The fourth-order valence-electron chi connectivity index (χ4n) is 6.21. The van der Waals surface area contributed by atoms with E-state index in [-0.39, 0.29) is 52.1 Å². The number of likely N-dealkylation sites (tertiary alicyclic amines) is 1. The maximum absolute atomic E-state index is 13.6. The van der Waals surface area contributed by atoms with Gasteiger partial charge in [0.05, 0.1) is 24.8 Å². The third-order valence-electron chi connectivity index (χ3n) is 8.99. The first-order valence-electron chi connectivity index (χ1n) is 16.0. The second-order valence-corrected chi connectivity index (χ2v) is 12.6. The maximum atomic E-state index is 13.6. The van der Waals surface area contributed by atoms with Gasteiger partial charge in [0, 0.05) is 68.1 Å². The largest absolute Gasteiger partial charge is 0.464 e. The van der Waals surface area contributed by atoms with E-state index in [0.29, 0.717) is 52.3 Å². The van der Waals surface area contributed by atoms with Crippen molar-refractivity contribution < 1.29 is 37.4 Å². The van der Waals surface area contributed by atoms with Crippen LogP contribution in [0.25, 0.3) is 11.3 Å². The Kier molecular flexibility index (Phi) is 10.6. The van der Waals surface area contributed by atoms with E-state index in [1.165, 1.54) is 35.3 Å². The molecule has 49 heavy (non-hydrogen) atoms. The monoisotopic (exact) mass is 702 g/mol. The molecule has 6 rings (SSSR count). The second kappa shape index (κ2) is 15.0. The van der Waals surface area contributed by atoms with Crippen molar-refractivity contribution in [2.24, 2.45) is 21.9 Å². The van der Waals surface area contributed by atoms with Crippen LogP contribution in [0.5, 0.6) is 5.75 Å². The van der Waals surface area contributed by atoms with E-state index in [1.807, 2.05) is 0 Å². The van der Waals surface area contributed by atoms with Gasteiger partial charge in [-0.05, 0) is 44.0 Å². The lowest BCUT2D eigenvalue weighted by molar-refractivity contribution is -0.152. The van der Waals surface area contributed by atoms with Crippen LogP contribution < -0.4 is 10.1 Å². The quantitative estimate of drug-likeness (QED) is 0.350. The number of nitrogens with zero attached hydrogens (tertiary/aromatic N) is 7. The standard InChI is InChI=1S/C32H37ClF2N8O6/c1-32-24(18-37-43(32)8-2-7-36-32)29(45)38-25-19-42(39-28(25)23-17-22(33)3-4-26(23)49-31(34)35)20-27(44)41-9-5-21(6-10-41)30(46)48-16-13-40-11-14-47-15-12-40/h2-4,7-8,17-19,21,24,31H,5-6,9-16,20H2,1H3,(H,38,45). The Morgan fingerprint density at radius 2 is 1.94 bits per heavy atom. The van der Waals surface area contributed by atoms with Gasteiger partial charge in [-0.3, -0.25) is 29.0 Å². The summed E-state index contributed by atoms with van der Waals surface area (Å²) in [6.45, 7) is 3.05. The average Bonchev–Trinajstić information content (AvgIpc) is 3.65. The smallest absolute Gasteiger partial charge is 0.387 e. The Hall–Kier alpha value is -4.41. The maximum Gasteiger partial charge on any atom is 0.387 e. The van der Waals surface area contributed by atoms with Crippen molar-refractivity contribution in [1.29, 1.82) is 0 Å². The summed E-state index contributed by atoms with van der Waals surface area (Å²) < 4.78 is 43.6. The lowest BCUT2D eigenvalue weighted by Gasteiger charge is -2.33. The summed E-state index contributed by atoms with van der Waals surface area (Å²) >= 11 is 6.24. The molecule has 5 heterocycles. The molecule has 262 valence electrons.